The molecule has 1 aromatic rings. The summed E-state index contributed by atoms with van der Waals surface area (Å²) in [7, 11) is 0. The van der Waals surface area contributed by atoms with Gasteiger partial charge in [-0.1, -0.05) is 32.9 Å². The minimum Gasteiger partial charge on any atom is -0.494 e. The van der Waals surface area contributed by atoms with Crippen molar-refractivity contribution in [2.45, 2.75) is 59.8 Å². The van der Waals surface area contributed by atoms with Gasteiger partial charge in [0.1, 0.15) is 11.7 Å². The zero-order valence-corrected chi connectivity index (χ0v) is 18.1. The number of esters is 1. The fraction of sp³-hybridized carbons (Fsp3) is 0.542. The molecule has 0 fully saturated rings. The van der Waals surface area contributed by atoms with E-state index >= 15 is 0 Å². The number of ether oxygens (including phenoxy) is 2. The van der Waals surface area contributed by atoms with Crippen molar-refractivity contribution in [3.63, 3.8) is 0 Å². The molecule has 0 radical (unpaired) electrons. The fourth-order valence-electron chi connectivity index (χ4n) is 4.34. The molecule has 0 N–H and O–H groups in total. The van der Waals surface area contributed by atoms with E-state index in [2.05, 4.69) is 13.8 Å². The summed E-state index contributed by atoms with van der Waals surface area (Å²) in [5, 5.41) is 0. The molecular formula is C24H31NO4. The average molecular weight is 398 g/mol. The minimum absolute atomic E-state index is 0.0830. The van der Waals surface area contributed by atoms with E-state index in [4.69, 9.17) is 14.5 Å². The molecule has 1 aliphatic carbocycles. The van der Waals surface area contributed by atoms with Crippen molar-refractivity contribution >= 4 is 17.5 Å². The molecule has 3 rings (SSSR count). The van der Waals surface area contributed by atoms with Gasteiger partial charge < -0.3 is 9.47 Å². The third kappa shape index (κ3) is 4.44. The van der Waals surface area contributed by atoms with Crippen LogP contribution in [0.3, 0.4) is 0 Å². The number of aliphatic imine (C=N–C) groups is 1. The Kier molecular flexibility index (Phi) is 6.25. The molecule has 1 unspecified atom stereocenters. The normalized spacial score (nSPS) is 23.3. The summed E-state index contributed by atoms with van der Waals surface area (Å²) in [6, 6.07) is 7.69. The van der Waals surface area contributed by atoms with Gasteiger partial charge in [0, 0.05) is 29.3 Å². The molecule has 156 valence electrons. The fourth-order valence-corrected chi connectivity index (χ4v) is 4.34. The first-order chi connectivity index (χ1) is 13.8. The SMILES string of the molecule is CCCOC(=O)C1C(C)=NC2=C(C(=O)CC(C)(C)C2)[C@H]1c1ccc(OCC)cc1. The highest BCUT2D eigenvalue weighted by Gasteiger charge is 2.45. The van der Waals surface area contributed by atoms with Crippen LogP contribution in [0.25, 0.3) is 0 Å². The summed E-state index contributed by atoms with van der Waals surface area (Å²) in [5.41, 5.74) is 3.01. The number of hydrogen-bond donors (Lipinski definition) is 0. The van der Waals surface area contributed by atoms with Crippen LogP contribution in [0.2, 0.25) is 0 Å². The molecule has 0 amide bonds. The lowest BCUT2D eigenvalue weighted by atomic mass is 9.67. The third-order valence-electron chi connectivity index (χ3n) is 5.55. The average Bonchev–Trinajstić information content (AvgIpc) is 2.65. The van der Waals surface area contributed by atoms with Crippen molar-refractivity contribution in [3.05, 3.63) is 41.1 Å². The molecule has 1 aliphatic heterocycles. The Balaban J connectivity index is 2.08. The highest BCUT2D eigenvalue weighted by molar-refractivity contribution is 6.09. The summed E-state index contributed by atoms with van der Waals surface area (Å²) in [6.45, 7) is 10.9. The van der Waals surface area contributed by atoms with E-state index in [-0.39, 0.29) is 23.1 Å². The smallest absolute Gasteiger partial charge is 0.315 e. The van der Waals surface area contributed by atoms with Gasteiger partial charge in [0.05, 0.1) is 13.2 Å². The van der Waals surface area contributed by atoms with E-state index in [1.54, 1.807) is 0 Å². The predicted molar refractivity (Wildman–Crippen MR) is 113 cm³/mol. The first-order valence-electron chi connectivity index (χ1n) is 10.5. The van der Waals surface area contributed by atoms with Crippen molar-refractivity contribution in [1.29, 1.82) is 0 Å². The quantitative estimate of drug-likeness (QED) is 0.643. The largest absolute Gasteiger partial charge is 0.494 e. The molecule has 2 aliphatic rings. The van der Waals surface area contributed by atoms with Crippen LogP contribution in [0.15, 0.2) is 40.5 Å². The van der Waals surface area contributed by atoms with E-state index < -0.39 is 5.92 Å². The van der Waals surface area contributed by atoms with Gasteiger partial charge in [-0.15, -0.1) is 0 Å². The van der Waals surface area contributed by atoms with Crippen LogP contribution in [0.4, 0.5) is 0 Å². The number of carbonyl (C=O) groups is 2. The number of nitrogens with zero attached hydrogens (tertiary/aromatic N) is 1. The Labute approximate surface area is 173 Å². The molecule has 0 aromatic heterocycles. The highest BCUT2D eigenvalue weighted by Crippen LogP contribution is 2.48. The van der Waals surface area contributed by atoms with Gasteiger partial charge in [0.2, 0.25) is 0 Å². The van der Waals surface area contributed by atoms with E-state index in [0.29, 0.717) is 30.9 Å². The van der Waals surface area contributed by atoms with E-state index in [9.17, 15) is 9.59 Å². The number of rotatable bonds is 6. The van der Waals surface area contributed by atoms with Crippen molar-refractivity contribution < 1.29 is 19.1 Å². The Morgan fingerprint density at radius 2 is 1.86 bits per heavy atom. The van der Waals surface area contributed by atoms with Crippen molar-refractivity contribution in [1.82, 2.24) is 0 Å². The summed E-state index contributed by atoms with van der Waals surface area (Å²) in [6.07, 6.45) is 1.95. The second kappa shape index (κ2) is 8.52. The summed E-state index contributed by atoms with van der Waals surface area (Å²) < 4.78 is 11.1. The zero-order valence-electron chi connectivity index (χ0n) is 18.1. The van der Waals surface area contributed by atoms with Crippen LogP contribution in [0.1, 0.15) is 65.4 Å². The minimum atomic E-state index is -0.580. The van der Waals surface area contributed by atoms with Crippen molar-refractivity contribution in [3.8, 4) is 5.75 Å². The molecule has 1 aromatic carbocycles. The maximum Gasteiger partial charge on any atom is 0.315 e. The molecule has 0 spiro atoms. The first-order valence-corrected chi connectivity index (χ1v) is 10.5. The Bertz CT molecular complexity index is 848. The maximum atomic E-state index is 13.2. The molecule has 0 saturated carbocycles. The third-order valence-corrected chi connectivity index (χ3v) is 5.55. The lowest BCUT2D eigenvalue weighted by molar-refractivity contribution is -0.146. The molecule has 29 heavy (non-hydrogen) atoms. The van der Waals surface area contributed by atoms with Crippen LogP contribution < -0.4 is 4.74 Å². The Hall–Kier alpha value is -2.43. The van der Waals surface area contributed by atoms with E-state index in [1.807, 2.05) is 45.0 Å². The van der Waals surface area contributed by atoms with Gasteiger partial charge in [-0.3, -0.25) is 14.6 Å². The topological polar surface area (TPSA) is 65.0 Å². The van der Waals surface area contributed by atoms with Crippen LogP contribution in [-0.2, 0) is 14.3 Å². The van der Waals surface area contributed by atoms with Crippen molar-refractivity contribution in [2.75, 3.05) is 13.2 Å². The summed E-state index contributed by atoms with van der Waals surface area (Å²) in [4.78, 5) is 30.9. The lowest BCUT2D eigenvalue weighted by Crippen LogP contribution is -2.39. The monoisotopic (exact) mass is 397 g/mol. The molecule has 5 nitrogen and oxygen atoms in total. The maximum absolute atomic E-state index is 13.2. The summed E-state index contributed by atoms with van der Waals surface area (Å²) in [5.74, 6) is -0.404. The number of carbonyl (C=O) groups excluding carboxylic acids is 2. The van der Waals surface area contributed by atoms with Crippen LogP contribution >= 0.6 is 0 Å². The van der Waals surface area contributed by atoms with Gasteiger partial charge in [-0.25, -0.2) is 0 Å². The van der Waals surface area contributed by atoms with Crippen molar-refractivity contribution in [2.24, 2.45) is 16.3 Å². The standard InChI is InChI=1S/C24H31NO4/c1-6-12-29-23(27)20-15(3)25-18-13-24(4,5)14-19(26)22(18)21(20)16-8-10-17(11-9-16)28-7-2/h8-11,20-21H,6-7,12-14H2,1-5H3/t20?,21-/m0/s1. The molecule has 0 bridgehead atoms. The number of hydrogen-bond acceptors (Lipinski definition) is 5. The number of ketones is 1. The Morgan fingerprint density at radius 3 is 2.48 bits per heavy atom. The predicted octanol–water partition coefficient (Wildman–Crippen LogP) is 4.86. The van der Waals surface area contributed by atoms with E-state index in [0.717, 1.165) is 29.9 Å². The van der Waals surface area contributed by atoms with Gasteiger partial charge in [-0.2, -0.15) is 0 Å². The highest BCUT2D eigenvalue weighted by atomic mass is 16.5. The number of allylic oxidation sites excluding steroid dienone is 2. The first kappa shape index (κ1) is 21.3. The molecule has 2 atom stereocenters. The molecule has 0 saturated heterocycles. The summed E-state index contributed by atoms with van der Waals surface area (Å²) >= 11 is 0. The van der Waals surface area contributed by atoms with E-state index in [1.165, 1.54) is 0 Å². The zero-order chi connectivity index (χ0) is 21.2. The Morgan fingerprint density at radius 1 is 1.17 bits per heavy atom. The van der Waals surface area contributed by atoms with Gasteiger partial charge in [0.25, 0.3) is 0 Å². The van der Waals surface area contributed by atoms with Gasteiger partial charge >= 0.3 is 5.97 Å². The lowest BCUT2D eigenvalue weighted by Gasteiger charge is -2.39. The van der Waals surface area contributed by atoms with Gasteiger partial charge in [-0.05, 0) is 49.8 Å². The van der Waals surface area contributed by atoms with Crippen LogP contribution in [0, 0.1) is 11.3 Å². The number of Topliss-reactive ketones (excluding diaryl/α,β-unsaturated/α-hetero) is 1. The molecule has 1 heterocycles. The van der Waals surface area contributed by atoms with Crippen LogP contribution in [-0.4, -0.2) is 30.7 Å². The number of benzene rings is 1. The molecule has 5 heteroatoms. The molecular weight excluding hydrogens is 366 g/mol. The van der Waals surface area contributed by atoms with Crippen LogP contribution in [0.5, 0.6) is 5.75 Å². The second-order valence-corrected chi connectivity index (χ2v) is 8.68. The second-order valence-electron chi connectivity index (χ2n) is 8.68. The van der Waals surface area contributed by atoms with Gasteiger partial charge in [0.15, 0.2) is 5.78 Å².